The molecule has 5 nitrogen and oxygen atoms in total. The minimum absolute atomic E-state index is 0.726. The van der Waals surface area contributed by atoms with E-state index >= 15 is 0 Å². The molecule has 1 aliphatic rings. The van der Waals surface area contributed by atoms with Gasteiger partial charge in [0.05, 0.1) is 13.1 Å². The number of para-hydroxylation sites is 2. The molecule has 0 spiro atoms. The summed E-state index contributed by atoms with van der Waals surface area (Å²) < 4.78 is 2.30. The van der Waals surface area contributed by atoms with E-state index in [1.165, 1.54) is 22.5 Å². The number of nitrogens with zero attached hydrogens (tertiary/aromatic N) is 4. The van der Waals surface area contributed by atoms with Crippen LogP contribution in [0.2, 0.25) is 0 Å². The van der Waals surface area contributed by atoms with Crippen molar-refractivity contribution in [2.24, 2.45) is 0 Å². The van der Waals surface area contributed by atoms with Gasteiger partial charge in [0.1, 0.15) is 22.7 Å². The van der Waals surface area contributed by atoms with Gasteiger partial charge in [0.25, 0.3) is 0 Å². The summed E-state index contributed by atoms with van der Waals surface area (Å²) in [5.74, 6) is 1.21. The number of pyridine rings is 1. The van der Waals surface area contributed by atoms with Gasteiger partial charge in [0, 0.05) is 31.6 Å². The molecule has 0 saturated carbocycles. The van der Waals surface area contributed by atoms with Crippen LogP contribution in [0.5, 0.6) is 0 Å². The van der Waals surface area contributed by atoms with E-state index < -0.39 is 0 Å². The lowest BCUT2D eigenvalue weighted by Crippen LogP contribution is -2.49. The summed E-state index contributed by atoms with van der Waals surface area (Å²) in [4.78, 5) is 8.62. The number of piperazine rings is 1. The van der Waals surface area contributed by atoms with Crippen LogP contribution in [0.25, 0.3) is 16.7 Å². The molecule has 2 aromatic heterocycles. The molecule has 5 aromatic rings. The van der Waals surface area contributed by atoms with Crippen molar-refractivity contribution in [2.75, 3.05) is 31.1 Å². The number of rotatable bonds is 5. The van der Waals surface area contributed by atoms with Gasteiger partial charge in [-0.3, -0.25) is 14.8 Å². The molecule has 0 aliphatic carbocycles. The van der Waals surface area contributed by atoms with Crippen LogP contribution in [0.4, 0.5) is 5.82 Å². The summed E-state index contributed by atoms with van der Waals surface area (Å²) >= 11 is 0. The zero-order chi connectivity index (χ0) is 24.5. The maximum Gasteiger partial charge on any atom is 0.250 e. The molecule has 1 N–H and O–H groups in total. The van der Waals surface area contributed by atoms with E-state index in [9.17, 15) is 5.26 Å². The molecular formula is C31H30N5+. The van der Waals surface area contributed by atoms with Gasteiger partial charge < -0.3 is 0 Å². The third-order valence-electron chi connectivity index (χ3n) is 7.42. The minimum Gasteiger partial charge on any atom is -0.293 e. The van der Waals surface area contributed by atoms with Gasteiger partial charge >= 0.3 is 0 Å². The predicted molar refractivity (Wildman–Crippen MR) is 144 cm³/mol. The molecular weight excluding hydrogens is 442 g/mol. The van der Waals surface area contributed by atoms with Crippen LogP contribution < -0.4 is 9.30 Å². The molecule has 3 heterocycles. The van der Waals surface area contributed by atoms with Crippen molar-refractivity contribution in [3.63, 3.8) is 0 Å². The van der Waals surface area contributed by atoms with Crippen molar-refractivity contribution in [3.05, 3.63) is 113 Å². The third-order valence-corrected chi connectivity index (χ3v) is 7.42. The number of benzene rings is 3. The molecule has 1 saturated heterocycles. The highest BCUT2D eigenvalue weighted by atomic mass is 15.3. The highest BCUT2D eigenvalue weighted by Crippen LogP contribution is 2.30. The second-order valence-electron chi connectivity index (χ2n) is 9.65. The number of imidazole rings is 1. The smallest absolute Gasteiger partial charge is 0.250 e. The van der Waals surface area contributed by atoms with Crippen molar-refractivity contribution in [1.29, 1.82) is 5.26 Å². The zero-order valence-electron chi connectivity index (χ0n) is 20.6. The maximum absolute atomic E-state index is 10.2. The second-order valence-corrected chi connectivity index (χ2v) is 9.65. The molecule has 0 bridgehead atoms. The van der Waals surface area contributed by atoms with E-state index in [0.29, 0.717) is 0 Å². The van der Waals surface area contributed by atoms with Crippen molar-refractivity contribution >= 4 is 22.5 Å². The monoisotopic (exact) mass is 472 g/mol. The van der Waals surface area contributed by atoms with E-state index in [1.807, 2.05) is 6.07 Å². The van der Waals surface area contributed by atoms with Gasteiger partial charge in [-0.05, 0) is 35.7 Å². The fraction of sp³-hybridized carbons (Fsp3) is 0.226. The molecule has 6 rings (SSSR count). The first-order valence-corrected chi connectivity index (χ1v) is 12.7. The van der Waals surface area contributed by atoms with Crippen LogP contribution in [-0.4, -0.2) is 36.1 Å². The molecule has 1 aliphatic heterocycles. The Labute approximate surface area is 211 Å². The minimum atomic E-state index is 0.726. The topological polar surface area (TPSA) is 50.2 Å². The van der Waals surface area contributed by atoms with Crippen LogP contribution >= 0.6 is 0 Å². The number of fused-ring (bicyclic) bond motifs is 3. The molecule has 0 radical (unpaired) electrons. The van der Waals surface area contributed by atoms with E-state index in [4.69, 9.17) is 0 Å². The Morgan fingerprint density at radius 2 is 1.47 bits per heavy atom. The van der Waals surface area contributed by atoms with Gasteiger partial charge in [-0.2, -0.15) is 9.66 Å². The average Bonchev–Trinajstić information content (AvgIpc) is 3.30. The summed E-state index contributed by atoms with van der Waals surface area (Å²) in [5.41, 5.74) is 8.69. The quantitative estimate of drug-likeness (QED) is 0.366. The fourth-order valence-corrected chi connectivity index (χ4v) is 5.54. The largest absolute Gasteiger partial charge is 0.293 e. The Hall–Kier alpha value is -4.14. The summed E-state index contributed by atoms with van der Waals surface area (Å²) in [6.07, 6.45) is 0.795. The lowest BCUT2D eigenvalue weighted by molar-refractivity contribution is -0.468. The number of anilines is 1. The van der Waals surface area contributed by atoms with Crippen molar-refractivity contribution in [1.82, 2.24) is 9.88 Å². The van der Waals surface area contributed by atoms with Crippen LogP contribution in [0.15, 0.2) is 84.9 Å². The van der Waals surface area contributed by atoms with Crippen molar-refractivity contribution in [2.45, 2.75) is 19.9 Å². The highest BCUT2D eigenvalue weighted by Gasteiger charge is 2.31. The maximum atomic E-state index is 10.2. The Kier molecular flexibility index (Phi) is 5.88. The molecule has 1 fully saturated rings. The number of aromatic amines is 1. The first-order valence-electron chi connectivity index (χ1n) is 12.7. The first-order chi connectivity index (χ1) is 17.7. The van der Waals surface area contributed by atoms with E-state index in [1.54, 1.807) is 0 Å². The molecule has 0 amide bonds. The SMILES string of the molecule is Cc1c(Cc2ccccc2)c(N2CCN(Cc3ccccc3)CC2)[n+]2c([nH]c3ccccc32)c1C#N. The van der Waals surface area contributed by atoms with Crippen molar-refractivity contribution in [3.8, 4) is 6.07 Å². The van der Waals surface area contributed by atoms with Crippen molar-refractivity contribution < 1.29 is 4.40 Å². The predicted octanol–water partition coefficient (Wildman–Crippen LogP) is 5.00. The summed E-state index contributed by atoms with van der Waals surface area (Å²) in [6, 6.07) is 32.2. The Bertz CT molecular complexity index is 1560. The van der Waals surface area contributed by atoms with E-state index in [-0.39, 0.29) is 0 Å². The summed E-state index contributed by atoms with van der Waals surface area (Å²) in [6.45, 7) is 6.99. The Morgan fingerprint density at radius 1 is 0.833 bits per heavy atom. The van der Waals surface area contributed by atoms with E-state index in [0.717, 1.165) is 67.0 Å². The highest BCUT2D eigenvalue weighted by molar-refractivity contribution is 5.78. The number of H-pyrrole nitrogens is 1. The number of nitrogens with one attached hydrogen (secondary N) is 1. The van der Waals surface area contributed by atoms with Crippen LogP contribution in [-0.2, 0) is 13.0 Å². The second kappa shape index (κ2) is 9.49. The fourth-order valence-electron chi connectivity index (χ4n) is 5.54. The van der Waals surface area contributed by atoms with Gasteiger partial charge in [-0.15, -0.1) is 0 Å². The first kappa shape index (κ1) is 22.3. The Morgan fingerprint density at radius 3 is 2.17 bits per heavy atom. The average molecular weight is 473 g/mol. The summed E-state index contributed by atoms with van der Waals surface area (Å²) in [5, 5.41) is 10.2. The molecule has 5 heteroatoms. The van der Waals surface area contributed by atoms with Gasteiger partial charge in [-0.1, -0.05) is 72.8 Å². The molecule has 0 atom stereocenters. The number of nitriles is 1. The van der Waals surface area contributed by atoms with Gasteiger partial charge in [0.2, 0.25) is 11.5 Å². The van der Waals surface area contributed by atoms with Crippen LogP contribution in [0.3, 0.4) is 0 Å². The number of hydrogen-bond donors (Lipinski definition) is 1. The van der Waals surface area contributed by atoms with E-state index in [2.05, 4.69) is 111 Å². The number of hydrogen-bond acceptors (Lipinski definition) is 3. The van der Waals surface area contributed by atoms with Crippen LogP contribution in [0, 0.1) is 18.3 Å². The molecule has 3 aromatic carbocycles. The molecule has 36 heavy (non-hydrogen) atoms. The zero-order valence-corrected chi connectivity index (χ0v) is 20.6. The lowest BCUT2D eigenvalue weighted by atomic mass is 9.97. The molecule has 0 unspecified atom stereocenters. The number of aromatic nitrogens is 2. The standard InChI is InChI=1S/C31H29N5/c1-23-26(20-24-10-4-2-5-11-24)31(35-18-16-34(17-19-35)22-25-12-6-3-7-13-25)36-29-15-9-8-14-28(29)33-30(36)27(23)21-32/h2-15H,16-20,22H2,1H3/p+1. The van der Waals surface area contributed by atoms with Crippen LogP contribution in [0.1, 0.15) is 27.8 Å². The Balaban J connectivity index is 1.46. The normalized spacial score (nSPS) is 14.4. The molecule has 178 valence electrons. The van der Waals surface area contributed by atoms with Gasteiger partial charge in [0.15, 0.2) is 0 Å². The third kappa shape index (κ3) is 4.00. The lowest BCUT2D eigenvalue weighted by Gasteiger charge is -2.34. The van der Waals surface area contributed by atoms with Gasteiger partial charge in [-0.25, -0.2) is 0 Å². The summed E-state index contributed by atoms with van der Waals surface area (Å²) in [7, 11) is 0.